The van der Waals surface area contributed by atoms with E-state index in [1.807, 2.05) is 12.2 Å². The quantitative estimate of drug-likeness (QED) is 0.0294. The molecular weight excluding hydrogens is 699 g/mol. The maximum atomic E-state index is 12.5. The van der Waals surface area contributed by atoms with Gasteiger partial charge in [-0.2, -0.15) is 0 Å². The van der Waals surface area contributed by atoms with Crippen molar-refractivity contribution in [3.05, 3.63) is 109 Å². The van der Waals surface area contributed by atoms with Gasteiger partial charge >= 0.3 is 19.8 Å². The largest absolute Gasteiger partial charge is 0.472 e. The highest BCUT2D eigenvalue weighted by molar-refractivity contribution is 7.47. The molecule has 0 aliphatic carbocycles. The molecule has 0 heterocycles. The van der Waals surface area contributed by atoms with Crippen molar-refractivity contribution >= 4 is 19.8 Å². The molecule has 0 rings (SSSR count). The van der Waals surface area contributed by atoms with Crippen molar-refractivity contribution in [2.24, 2.45) is 0 Å². The fraction of sp³-hybridized carbons (Fsp3) is 0.556. The molecule has 2 atom stereocenters. The van der Waals surface area contributed by atoms with Crippen molar-refractivity contribution in [3.63, 3.8) is 0 Å². The zero-order valence-electron chi connectivity index (χ0n) is 33.6. The van der Waals surface area contributed by atoms with Gasteiger partial charge in [-0.1, -0.05) is 149 Å². The molecule has 0 spiro atoms. The molecule has 304 valence electrons. The van der Waals surface area contributed by atoms with Gasteiger partial charge < -0.3 is 14.4 Å². The third-order valence-corrected chi connectivity index (χ3v) is 8.67. The predicted octanol–water partition coefficient (Wildman–Crippen LogP) is 12.7. The summed E-state index contributed by atoms with van der Waals surface area (Å²) >= 11 is 0. The van der Waals surface area contributed by atoms with Gasteiger partial charge in [0.25, 0.3) is 0 Å². The number of esters is 2. The molecule has 54 heavy (non-hydrogen) atoms. The Balaban J connectivity index is 4.28. The van der Waals surface area contributed by atoms with E-state index in [-0.39, 0.29) is 26.1 Å². The smallest absolute Gasteiger partial charge is 0.462 e. The van der Waals surface area contributed by atoms with Crippen LogP contribution in [0.5, 0.6) is 0 Å². The summed E-state index contributed by atoms with van der Waals surface area (Å²) in [5.41, 5.74) is 0. The number of unbranched alkanes of at least 4 members (excludes halogenated alkanes) is 6. The summed E-state index contributed by atoms with van der Waals surface area (Å²) in [6.45, 7) is 5.08. The number of ether oxygens (including phenoxy) is 2. The number of carbonyl (C=O) groups is 2. The van der Waals surface area contributed by atoms with E-state index < -0.39 is 32.5 Å². The average Bonchev–Trinajstić information content (AvgIpc) is 3.15. The lowest BCUT2D eigenvalue weighted by Gasteiger charge is -2.19. The van der Waals surface area contributed by atoms with Crippen LogP contribution in [0.2, 0.25) is 0 Å². The van der Waals surface area contributed by atoms with Crippen LogP contribution in [0.15, 0.2) is 109 Å². The molecule has 0 aromatic rings. The predicted molar refractivity (Wildman–Crippen MR) is 225 cm³/mol. The van der Waals surface area contributed by atoms with Gasteiger partial charge in [0.1, 0.15) is 6.61 Å². The van der Waals surface area contributed by atoms with Crippen molar-refractivity contribution in [2.75, 3.05) is 19.8 Å². The van der Waals surface area contributed by atoms with Crippen molar-refractivity contribution in [1.82, 2.24) is 0 Å². The van der Waals surface area contributed by atoms with Gasteiger partial charge in [0.2, 0.25) is 0 Å². The second kappa shape index (κ2) is 39.4. The lowest BCUT2D eigenvalue weighted by molar-refractivity contribution is -0.160. The Labute approximate surface area is 328 Å². The number of allylic oxidation sites excluding steroid dienone is 17. The second-order valence-electron chi connectivity index (χ2n) is 12.6. The van der Waals surface area contributed by atoms with Crippen LogP contribution in [-0.4, -0.2) is 42.8 Å². The fourth-order valence-corrected chi connectivity index (χ4v) is 5.51. The summed E-state index contributed by atoms with van der Waals surface area (Å²) in [5, 5.41) is 0. The van der Waals surface area contributed by atoms with Gasteiger partial charge in [-0.25, -0.2) is 4.57 Å². The first-order valence-electron chi connectivity index (χ1n) is 20.2. The first-order valence-corrected chi connectivity index (χ1v) is 21.7. The summed E-state index contributed by atoms with van der Waals surface area (Å²) in [7, 11) is -4.31. The Morgan fingerprint density at radius 3 is 1.43 bits per heavy atom. The van der Waals surface area contributed by atoms with Gasteiger partial charge in [-0.05, 0) is 84.0 Å². The van der Waals surface area contributed by atoms with E-state index in [0.717, 1.165) is 89.9 Å². The SMILES string of the molecule is CC/C=C\C/C=C\C/C=C\C/C=C\C/C=C\CC(=O)OC(COC(=O)CCCCCCCC/C=C\C/C=C\C/C=C\C/C=C\CC)COP(=O)(O)OCC. The van der Waals surface area contributed by atoms with Gasteiger partial charge in [-0.15, -0.1) is 0 Å². The Kier molecular flexibility index (Phi) is 37.0. The normalized spacial score (nSPS) is 14.5. The molecule has 1 N–H and O–H groups in total. The van der Waals surface area contributed by atoms with Crippen molar-refractivity contribution < 1.29 is 37.6 Å². The fourth-order valence-electron chi connectivity index (χ4n) is 4.75. The topological polar surface area (TPSA) is 108 Å². The van der Waals surface area contributed by atoms with Crippen LogP contribution in [-0.2, 0) is 32.7 Å². The monoisotopic (exact) mass is 770 g/mol. The summed E-state index contributed by atoms with van der Waals surface area (Å²) in [6, 6.07) is 0. The number of phosphoric acid groups is 1. The summed E-state index contributed by atoms with van der Waals surface area (Å²) < 4.78 is 32.4. The van der Waals surface area contributed by atoms with E-state index >= 15 is 0 Å². The third-order valence-electron chi connectivity index (χ3n) is 7.61. The van der Waals surface area contributed by atoms with E-state index in [1.165, 1.54) is 0 Å². The zero-order chi connectivity index (χ0) is 39.6. The number of hydrogen-bond donors (Lipinski definition) is 1. The molecule has 0 aliphatic heterocycles. The number of carbonyl (C=O) groups excluding carboxylic acids is 2. The lowest BCUT2D eigenvalue weighted by atomic mass is 10.1. The van der Waals surface area contributed by atoms with Crippen molar-refractivity contribution in [1.29, 1.82) is 0 Å². The number of phosphoric ester groups is 1. The van der Waals surface area contributed by atoms with E-state index in [9.17, 15) is 19.0 Å². The summed E-state index contributed by atoms with van der Waals surface area (Å²) in [4.78, 5) is 34.6. The number of hydrogen-bond acceptors (Lipinski definition) is 7. The van der Waals surface area contributed by atoms with E-state index in [0.29, 0.717) is 12.8 Å². The molecule has 0 aliphatic rings. The zero-order valence-corrected chi connectivity index (χ0v) is 34.5. The van der Waals surface area contributed by atoms with E-state index in [4.69, 9.17) is 18.5 Å². The molecule has 0 radical (unpaired) electrons. The van der Waals surface area contributed by atoms with Crippen LogP contribution < -0.4 is 0 Å². The number of rotatable bonds is 35. The van der Waals surface area contributed by atoms with Gasteiger partial charge in [0.15, 0.2) is 6.10 Å². The van der Waals surface area contributed by atoms with Gasteiger partial charge in [0.05, 0.1) is 19.6 Å². The van der Waals surface area contributed by atoms with Crippen molar-refractivity contribution in [2.45, 2.75) is 142 Å². The lowest BCUT2D eigenvalue weighted by Crippen LogP contribution is -2.29. The minimum Gasteiger partial charge on any atom is -0.462 e. The highest BCUT2D eigenvalue weighted by atomic mass is 31.2. The van der Waals surface area contributed by atoms with Gasteiger partial charge in [-0.3, -0.25) is 18.6 Å². The maximum absolute atomic E-state index is 12.5. The molecular formula is C45H71O8P. The average molecular weight is 771 g/mol. The van der Waals surface area contributed by atoms with E-state index in [2.05, 4.69) is 105 Å². The Hall–Kier alpha value is -3.29. The Morgan fingerprint density at radius 2 is 0.944 bits per heavy atom. The van der Waals surface area contributed by atoms with Crippen LogP contribution in [0.25, 0.3) is 0 Å². The van der Waals surface area contributed by atoms with Crippen LogP contribution in [0.1, 0.15) is 136 Å². The Morgan fingerprint density at radius 1 is 0.519 bits per heavy atom. The van der Waals surface area contributed by atoms with Gasteiger partial charge in [0, 0.05) is 6.42 Å². The molecule has 0 saturated heterocycles. The molecule has 8 nitrogen and oxygen atoms in total. The first-order chi connectivity index (χ1) is 26.3. The highest BCUT2D eigenvalue weighted by Crippen LogP contribution is 2.43. The second-order valence-corrected chi connectivity index (χ2v) is 14.0. The molecule has 0 saturated carbocycles. The minimum atomic E-state index is -4.31. The summed E-state index contributed by atoms with van der Waals surface area (Å²) in [5.74, 6) is -0.975. The molecule has 0 aromatic heterocycles. The van der Waals surface area contributed by atoms with E-state index in [1.54, 1.807) is 13.0 Å². The molecule has 0 bridgehead atoms. The van der Waals surface area contributed by atoms with Crippen molar-refractivity contribution in [3.8, 4) is 0 Å². The molecule has 9 heteroatoms. The van der Waals surface area contributed by atoms with Crippen LogP contribution in [0, 0.1) is 0 Å². The molecule has 2 unspecified atom stereocenters. The molecule has 0 aromatic carbocycles. The third kappa shape index (κ3) is 38.4. The minimum absolute atomic E-state index is 0.00363. The maximum Gasteiger partial charge on any atom is 0.472 e. The van der Waals surface area contributed by atoms with Crippen LogP contribution in [0.3, 0.4) is 0 Å². The highest BCUT2D eigenvalue weighted by Gasteiger charge is 2.25. The van der Waals surface area contributed by atoms with Crippen LogP contribution >= 0.6 is 7.82 Å². The van der Waals surface area contributed by atoms with Crippen LogP contribution in [0.4, 0.5) is 0 Å². The summed E-state index contributed by atoms with van der Waals surface area (Å²) in [6.07, 6.45) is 53.1. The molecule has 0 fully saturated rings. The molecule has 0 amide bonds. The Bertz CT molecular complexity index is 1240. The standard InChI is InChI=1S/C45H71O8P/c1-4-7-9-11-13-15-17-19-21-22-23-24-26-27-29-31-33-35-37-39-44(46)50-41-43(42-52-54(48,49)51-6-3)53-45(47)40-38-36-34-32-30-28-25-20-18-16-14-12-10-8-5-2/h7-10,13-16,19-21,23-25,30,32,36,38,43H,4-6,11-12,17-18,22,26-29,31,33-35,37,39-42H2,1-3H3,(H,48,49)/b9-7-,10-8-,15-13-,16-14-,21-19-,24-23-,25-20-,32-30-,38-36-. The first kappa shape index (κ1) is 50.7.